The molecule has 0 amide bonds. The lowest BCUT2D eigenvalue weighted by molar-refractivity contribution is 0.0663. The van der Waals surface area contributed by atoms with E-state index < -0.39 is 5.97 Å². The number of nitrogens with two attached hydrogens (primary N) is 1. The quantitative estimate of drug-likeness (QED) is 0.568. The summed E-state index contributed by atoms with van der Waals surface area (Å²) in [4.78, 5) is 10.8. The number of carbonyl (C=O) groups is 1. The highest BCUT2D eigenvalue weighted by Gasteiger charge is 2.22. The third-order valence-corrected chi connectivity index (χ3v) is 3.50. The number of hydrogen-bond donors (Lipinski definition) is 3. The van der Waals surface area contributed by atoms with E-state index in [0.717, 1.165) is 30.4 Å². The Morgan fingerprint density at radius 2 is 2.11 bits per heavy atom. The highest BCUT2D eigenvalue weighted by atomic mass is 16.4. The second-order valence-corrected chi connectivity index (χ2v) is 4.65. The number of carboxylic acid groups (broad SMARTS) is 1. The van der Waals surface area contributed by atoms with Gasteiger partial charge >= 0.3 is 5.97 Å². The van der Waals surface area contributed by atoms with Crippen molar-refractivity contribution in [3.63, 3.8) is 0 Å². The first-order valence-corrected chi connectivity index (χ1v) is 6.04. The second kappa shape index (κ2) is 4.05. The maximum Gasteiger partial charge on any atom is 0.371 e. The summed E-state index contributed by atoms with van der Waals surface area (Å²) in [5.74, 6) is -1.02. The van der Waals surface area contributed by atoms with Gasteiger partial charge in [-0.15, -0.1) is 0 Å². The lowest BCUT2D eigenvalue weighted by Crippen LogP contribution is -1.96. The molecule has 0 saturated carbocycles. The molecule has 0 aliphatic heterocycles. The summed E-state index contributed by atoms with van der Waals surface area (Å²) in [6, 6.07) is 4.72. The number of aromatic hydroxyl groups is 1. The molecule has 1 heterocycles. The van der Waals surface area contributed by atoms with Crippen molar-refractivity contribution < 1.29 is 19.4 Å². The first-order valence-electron chi connectivity index (χ1n) is 6.04. The summed E-state index contributed by atoms with van der Waals surface area (Å²) in [7, 11) is 0. The molecular weight excluding hydrogens is 246 g/mol. The van der Waals surface area contributed by atoms with E-state index in [0.29, 0.717) is 17.0 Å². The number of phenols is 1. The number of furan rings is 1. The van der Waals surface area contributed by atoms with Gasteiger partial charge in [-0.05, 0) is 48.6 Å². The Kier molecular flexibility index (Phi) is 2.48. The molecule has 0 atom stereocenters. The molecule has 1 aliphatic rings. The number of fused-ring (bicyclic) bond motifs is 1. The molecule has 0 bridgehead atoms. The van der Waals surface area contributed by atoms with Gasteiger partial charge in [0.25, 0.3) is 0 Å². The fourth-order valence-electron chi connectivity index (χ4n) is 2.55. The number of aryl methyl sites for hydroxylation is 1. The maximum atomic E-state index is 10.8. The summed E-state index contributed by atoms with van der Waals surface area (Å²) in [5.41, 5.74) is 8.84. The summed E-state index contributed by atoms with van der Waals surface area (Å²) in [6.07, 6.45) is 2.80. The van der Waals surface area contributed by atoms with Crippen molar-refractivity contribution in [2.24, 2.45) is 0 Å². The number of phenolic OH excluding ortho intramolecular Hbond substituents is 1. The van der Waals surface area contributed by atoms with Crippen molar-refractivity contribution in [2.45, 2.75) is 19.3 Å². The van der Waals surface area contributed by atoms with E-state index in [1.54, 1.807) is 0 Å². The smallest absolute Gasteiger partial charge is 0.371 e. The summed E-state index contributed by atoms with van der Waals surface area (Å²) in [5, 5.41) is 19.0. The minimum Gasteiger partial charge on any atom is -0.505 e. The Morgan fingerprint density at radius 1 is 1.32 bits per heavy atom. The Labute approximate surface area is 109 Å². The molecule has 1 aliphatic carbocycles. The molecule has 0 spiro atoms. The standard InChI is InChI=1S/C14H13NO4/c15-12-8-3-1-2-7(8)6-9(13(12)16)10-4-5-11(19-10)14(17)18/h4-6,16H,1-3,15H2,(H,17,18). The van der Waals surface area contributed by atoms with Crippen LogP contribution in [0, 0.1) is 0 Å². The van der Waals surface area contributed by atoms with E-state index in [2.05, 4.69) is 0 Å². The van der Waals surface area contributed by atoms with Gasteiger partial charge < -0.3 is 20.4 Å². The van der Waals surface area contributed by atoms with Gasteiger partial charge in [0.2, 0.25) is 5.76 Å². The number of carboxylic acids is 1. The van der Waals surface area contributed by atoms with E-state index in [1.165, 1.54) is 12.1 Å². The third-order valence-electron chi connectivity index (χ3n) is 3.50. The van der Waals surface area contributed by atoms with Crippen molar-refractivity contribution in [1.29, 1.82) is 0 Å². The molecule has 0 fully saturated rings. The molecule has 3 rings (SSSR count). The number of rotatable bonds is 2. The monoisotopic (exact) mass is 259 g/mol. The highest BCUT2D eigenvalue weighted by molar-refractivity contribution is 5.86. The van der Waals surface area contributed by atoms with Crippen molar-refractivity contribution in [3.05, 3.63) is 35.1 Å². The summed E-state index contributed by atoms with van der Waals surface area (Å²) >= 11 is 0. The molecule has 19 heavy (non-hydrogen) atoms. The first-order chi connectivity index (χ1) is 9.08. The molecule has 1 aromatic heterocycles. The molecule has 5 heteroatoms. The van der Waals surface area contributed by atoms with Gasteiger partial charge in [-0.1, -0.05) is 0 Å². The third kappa shape index (κ3) is 1.74. The van der Waals surface area contributed by atoms with Gasteiger partial charge in [-0.3, -0.25) is 0 Å². The van der Waals surface area contributed by atoms with Crippen LogP contribution in [0.1, 0.15) is 28.1 Å². The summed E-state index contributed by atoms with van der Waals surface area (Å²) in [6.45, 7) is 0. The van der Waals surface area contributed by atoms with Crippen molar-refractivity contribution in [2.75, 3.05) is 5.73 Å². The van der Waals surface area contributed by atoms with Crippen LogP contribution < -0.4 is 5.73 Å². The van der Waals surface area contributed by atoms with Crippen LogP contribution in [0.2, 0.25) is 0 Å². The number of nitrogen functional groups attached to an aromatic ring is 1. The average Bonchev–Trinajstić information content (AvgIpc) is 3.01. The highest BCUT2D eigenvalue weighted by Crippen LogP contribution is 2.41. The van der Waals surface area contributed by atoms with Crippen LogP contribution >= 0.6 is 0 Å². The molecule has 4 N–H and O–H groups in total. The van der Waals surface area contributed by atoms with Crippen LogP contribution in [0.4, 0.5) is 5.69 Å². The van der Waals surface area contributed by atoms with E-state index in [1.807, 2.05) is 6.07 Å². The number of anilines is 1. The van der Waals surface area contributed by atoms with E-state index in [9.17, 15) is 9.90 Å². The van der Waals surface area contributed by atoms with Gasteiger partial charge in [0.15, 0.2) is 0 Å². The Balaban J connectivity index is 2.14. The molecule has 0 saturated heterocycles. The maximum absolute atomic E-state index is 10.8. The van der Waals surface area contributed by atoms with Crippen LogP contribution in [0.3, 0.4) is 0 Å². The first kappa shape index (κ1) is 11.6. The van der Waals surface area contributed by atoms with Crippen molar-refractivity contribution in [1.82, 2.24) is 0 Å². The van der Waals surface area contributed by atoms with Crippen LogP contribution in [-0.4, -0.2) is 16.2 Å². The van der Waals surface area contributed by atoms with Gasteiger partial charge in [0.05, 0.1) is 11.3 Å². The van der Waals surface area contributed by atoms with Crippen LogP contribution in [0.25, 0.3) is 11.3 Å². The lowest BCUT2D eigenvalue weighted by Gasteiger charge is -2.10. The average molecular weight is 259 g/mol. The molecule has 1 aromatic carbocycles. The number of aromatic carboxylic acids is 1. The minimum absolute atomic E-state index is 0.0352. The number of benzene rings is 1. The fraction of sp³-hybridized carbons (Fsp3) is 0.214. The fourth-order valence-corrected chi connectivity index (χ4v) is 2.55. The zero-order valence-corrected chi connectivity index (χ0v) is 10.1. The van der Waals surface area contributed by atoms with Crippen LogP contribution in [0.15, 0.2) is 22.6 Å². The molecular formula is C14H13NO4. The molecule has 2 aromatic rings. The second-order valence-electron chi connectivity index (χ2n) is 4.65. The largest absolute Gasteiger partial charge is 0.505 e. The van der Waals surface area contributed by atoms with Crippen molar-refractivity contribution in [3.8, 4) is 17.1 Å². The SMILES string of the molecule is Nc1c(O)c(-c2ccc(C(=O)O)o2)cc2c1CCC2. The zero-order valence-electron chi connectivity index (χ0n) is 10.1. The minimum atomic E-state index is -1.14. The predicted molar refractivity (Wildman–Crippen MR) is 69.2 cm³/mol. The van der Waals surface area contributed by atoms with Gasteiger partial charge in [0.1, 0.15) is 11.5 Å². The molecule has 98 valence electrons. The number of hydrogen-bond acceptors (Lipinski definition) is 4. The van der Waals surface area contributed by atoms with Gasteiger partial charge in [-0.25, -0.2) is 4.79 Å². The predicted octanol–water partition coefficient (Wildman–Crippen LogP) is 2.42. The Morgan fingerprint density at radius 3 is 2.79 bits per heavy atom. The van der Waals surface area contributed by atoms with E-state index >= 15 is 0 Å². The normalized spacial score (nSPS) is 13.5. The van der Waals surface area contributed by atoms with E-state index in [-0.39, 0.29) is 11.5 Å². The molecule has 0 radical (unpaired) electrons. The van der Waals surface area contributed by atoms with Crippen LogP contribution in [0.5, 0.6) is 5.75 Å². The topological polar surface area (TPSA) is 96.7 Å². The van der Waals surface area contributed by atoms with Gasteiger partial charge in [-0.2, -0.15) is 0 Å². The Hall–Kier alpha value is -2.43. The van der Waals surface area contributed by atoms with Gasteiger partial charge in [0, 0.05) is 0 Å². The van der Waals surface area contributed by atoms with E-state index in [4.69, 9.17) is 15.3 Å². The van der Waals surface area contributed by atoms with Crippen LogP contribution in [-0.2, 0) is 12.8 Å². The lowest BCUT2D eigenvalue weighted by atomic mass is 10.0. The molecule has 0 unspecified atom stereocenters. The Bertz CT molecular complexity index is 672. The summed E-state index contributed by atoms with van der Waals surface area (Å²) < 4.78 is 5.21. The van der Waals surface area contributed by atoms with Crippen molar-refractivity contribution >= 4 is 11.7 Å². The molecule has 5 nitrogen and oxygen atoms in total. The zero-order chi connectivity index (χ0) is 13.6.